The third-order valence-corrected chi connectivity index (χ3v) is 0.625. The smallest absolute Gasteiger partial charge is 0.339 e. The van der Waals surface area contributed by atoms with Gasteiger partial charge in [0.1, 0.15) is 6.61 Å². The van der Waals surface area contributed by atoms with Crippen LogP contribution in [0.25, 0.3) is 0 Å². The molecule has 0 atom stereocenters. The Morgan fingerprint density at radius 3 is 1.89 bits per heavy atom. The van der Waals surface area contributed by atoms with Gasteiger partial charge in [-0.25, -0.2) is 0 Å². The zero-order chi connectivity index (χ0) is 7.49. The summed E-state index contributed by atoms with van der Waals surface area (Å²) in [5, 5.41) is -1.41. The standard InChI is InChI=1S/C3H3Cl2F3O/c4-2(5)9-1-3(6,7)8/h2H,1H2. The first kappa shape index (κ1) is 9.33. The number of ether oxygens (including phenoxy) is 1. The van der Waals surface area contributed by atoms with E-state index in [2.05, 4.69) is 4.74 Å². The van der Waals surface area contributed by atoms with Crippen LogP contribution in [-0.2, 0) is 4.74 Å². The molecular formula is C3H3Cl2F3O. The van der Waals surface area contributed by atoms with Crippen molar-refractivity contribution < 1.29 is 17.9 Å². The van der Waals surface area contributed by atoms with E-state index >= 15 is 0 Å². The molecule has 0 fully saturated rings. The minimum absolute atomic E-state index is 1.41. The third-order valence-electron chi connectivity index (χ3n) is 0.373. The third kappa shape index (κ3) is 8.33. The summed E-state index contributed by atoms with van der Waals surface area (Å²) < 4.78 is 37.3. The molecule has 0 aliphatic rings. The Morgan fingerprint density at radius 1 is 1.33 bits per heavy atom. The minimum atomic E-state index is -4.36. The number of halogens is 5. The maximum Gasteiger partial charge on any atom is 0.411 e. The first-order valence-corrected chi connectivity index (χ1v) is 2.75. The van der Waals surface area contributed by atoms with Crippen LogP contribution in [0.3, 0.4) is 0 Å². The Labute approximate surface area is 59.7 Å². The topological polar surface area (TPSA) is 9.23 Å². The molecule has 0 radical (unpaired) electrons. The summed E-state index contributed by atoms with van der Waals surface area (Å²) in [5.74, 6) is 0. The fourth-order valence-electron chi connectivity index (χ4n) is 0.157. The average Bonchev–Trinajstić information content (AvgIpc) is 1.59. The van der Waals surface area contributed by atoms with Crippen molar-refractivity contribution in [2.75, 3.05) is 6.61 Å². The highest BCUT2D eigenvalue weighted by Gasteiger charge is 2.28. The molecule has 0 saturated carbocycles. The predicted octanol–water partition coefficient (Wildman–Crippen LogP) is 2.33. The Bertz CT molecular complexity index is 81.6. The average molecular weight is 183 g/mol. The molecule has 0 aromatic carbocycles. The number of rotatable bonds is 2. The van der Waals surface area contributed by atoms with Gasteiger partial charge in [-0.2, -0.15) is 13.2 Å². The van der Waals surface area contributed by atoms with Crippen molar-refractivity contribution in [1.29, 1.82) is 0 Å². The van der Waals surface area contributed by atoms with Crippen LogP contribution in [0.15, 0.2) is 0 Å². The van der Waals surface area contributed by atoms with Crippen LogP contribution in [0.5, 0.6) is 0 Å². The van der Waals surface area contributed by atoms with Gasteiger partial charge in [0.05, 0.1) is 0 Å². The summed E-state index contributed by atoms with van der Waals surface area (Å²) in [6.45, 7) is -1.41. The SMILES string of the molecule is FC(F)(F)COC(Cl)Cl. The molecule has 6 heteroatoms. The van der Waals surface area contributed by atoms with E-state index in [9.17, 15) is 13.2 Å². The van der Waals surface area contributed by atoms with Crippen LogP contribution in [0.2, 0.25) is 0 Å². The quantitative estimate of drug-likeness (QED) is 0.596. The van der Waals surface area contributed by atoms with E-state index in [0.29, 0.717) is 0 Å². The van der Waals surface area contributed by atoms with Gasteiger partial charge in [0.2, 0.25) is 5.02 Å². The van der Waals surface area contributed by atoms with Crippen molar-refractivity contribution in [3.05, 3.63) is 0 Å². The lowest BCUT2D eigenvalue weighted by Crippen LogP contribution is -2.18. The monoisotopic (exact) mass is 182 g/mol. The number of hydrogen-bond acceptors (Lipinski definition) is 1. The first-order chi connectivity index (χ1) is 3.92. The molecule has 0 rings (SSSR count). The molecule has 0 aromatic heterocycles. The van der Waals surface area contributed by atoms with Gasteiger partial charge in [-0.1, -0.05) is 23.2 Å². The van der Waals surface area contributed by atoms with E-state index in [4.69, 9.17) is 23.2 Å². The van der Waals surface area contributed by atoms with Gasteiger partial charge in [-0.15, -0.1) is 0 Å². The Hall–Kier alpha value is 0.330. The molecule has 0 saturated heterocycles. The van der Waals surface area contributed by atoms with Crippen molar-refractivity contribution in [2.24, 2.45) is 0 Å². The molecule has 1 nitrogen and oxygen atoms in total. The van der Waals surface area contributed by atoms with Crippen molar-refractivity contribution in [1.82, 2.24) is 0 Å². The fourth-order valence-corrected chi connectivity index (χ4v) is 0.283. The molecule has 0 aliphatic heterocycles. The number of alkyl halides is 5. The van der Waals surface area contributed by atoms with E-state index in [-0.39, 0.29) is 0 Å². The van der Waals surface area contributed by atoms with Gasteiger partial charge in [-0.3, -0.25) is 0 Å². The molecule has 56 valence electrons. The van der Waals surface area contributed by atoms with Crippen LogP contribution >= 0.6 is 23.2 Å². The second-order valence-corrected chi connectivity index (χ2v) is 2.20. The summed E-state index contributed by atoms with van der Waals surface area (Å²) in [4.78, 5) is 0. The van der Waals surface area contributed by atoms with Crippen molar-refractivity contribution in [3.63, 3.8) is 0 Å². The lowest BCUT2D eigenvalue weighted by molar-refractivity contribution is -0.172. The Morgan fingerprint density at radius 2 is 1.78 bits per heavy atom. The van der Waals surface area contributed by atoms with Gasteiger partial charge in [0, 0.05) is 0 Å². The lowest BCUT2D eigenvalue weighted by Gasteiger charge is -2.06. The van der Waals surface area contributed by atoms with Crippen molar-refractivity contribution in [2.45, 2.75) is 11.2 Å². The van der Waals surface area contributed by atoms with E-state index < -0.39 is 17.8 Å². The van der Waals surface area contributed by atoms with Crippen molar-refractivity contribution >= 4 is 23.2 Å². The largest absolute Gasteiger partial charge is 0.411 e. The Balaban J connectivity index is 3.28. The number of hydrogen-bond donors (Lipinski definition) is 0. The summed E-state index contributed by atoms with van der Waals surface area (Å²) >= 11 is 9.65. The molecule has 0 spiro atoms. The molecule has 0 heterocycles. The maximum absolute atomic E-state index is 11.2. The fraction of sp³-hybridized carbons (Fsp3) is 1.00. The highest BCUT2D eigenvalue weighted by molar-refractivity contribution is 6.43. The van der Waals surface area contributed by atoms with Gasteiger partial charge in [0.25, 0.3) is 0 Å². The normalized spacial score (nSPS) is 12.7. The zero-order valence-corrected chi connectivity index (χ0v) is 5.59. The maximum atomic E-state index is 11.2. The second kappa shape index (κ2) is 3.49. The second-order valence-electron chi connectivity index (χ2n) is 1.19. The van der Waals surface area contributed by atoms with Crippen LogP contribution in [0.4, 0.5) is 13.2 Å². The van der Waals surface area contributed by atoms with Gasteiger partial charge in [0.15, 0.2) is 0 Å². The molecule has 0 N–H and O–H groups in total. The van der Waals surface area contributed by atoms with Crippen molar-refractivity contribution in [3.8, 4) is 0 Å². The molecule has 0 amide bonds. The molecule has 0 aliphatic carbocycles. The van der Waals surface area contributed by atoms with Gasteiger partial charge >= 0.3 is 6.18 Å². The lowest BCUT2D eigenvalue weighted by atomic mass is 10.7. The summed E-state index contributed by atoms with van der Waals surface area (Å²) in [7, 11) is 0. The van der Waals surface area contributed by atoms with Gasteiger partial charge in [-0.05, 0) is 0 Å². The van der Waals surface area contributed by atoms with Crippen LogP contribution in [0.1, 0.15) is 0 Å². The summed E-state index contributed by atoms with van der Waals surface area (Å²) in [6.07, 6.45) is -4.36. The molecule has 0 unspecified atom stereocenters. The molecule has 0 bridgehead atoms. The Kier molecular flexibility index (Phi) is 3.61. The zero-order valence-electron chi connectivity index (χ0n) is 4.08. The summed E-state index contributed by atoms with van der Waals surface area (Å²) in [6, 6.07) is 0. The van der Waals surface area contributed by atoms with E-state index in [1.807, 2.05) is 0 Å². The minimum Gasteiger partial charge on any atom is -0.339 e. The van der Waals surface area contributed by atoms with Gasteiger partial charge < -0.3 is 4.74 Å². The summed E-state index contributed by atoms with van der Waals surface area (Å²) in [5.41, 5.74) is 0. The van der Waals surface area contributed by atoms with Crippen LogP contribution in [0, 0.1) is 0 Å². The van der Waals surface area contributed by atoms with E-state index in [1.54, 1.807) is 0 Å². The van der Waals surface area contributed by atoms with Crippen LogP contribution < -0.4 is 0 Å². The molecule has 0 aromatic rings. The first-order valence-electron chi connectivity index (χ1n) is 1.88. The highest BCUT2D eigenvalue weighted by Crippen LogP contribution is 2.17. The highest BCUT2D eigenvalue weighted by atomic mass is 35.5. The van der Waals surface area contributed by atoms with E-state index in [1.165, 1.54) is 0 Å². The van der Waals surface area contributed by atoms with Crippen LogP contribution in [-0.4, -0.2) is 17.8 Å². The molecule has 9 heavy (non-hydrogen) atoms. The predicted molar refractivity (Wildman–Crippen MR) is 27.5 cm³/mol. The molecular weight excluding hydrogens is 180 g/mol. The van der Waals surface area contributed by atoms with E-state index in [0.717, 1.165) is 0 Å².